The summed E-state index contributed by atoms with van der Waals surface area (Å²) in [6.07, 6.45) is 7.27. The quantitative estimate of drug-likeness (QED) is 0.615. The van der Waals surface area contributed by atoms with E-state index < -0.39 is 11.4 Å². The van der Waals surface area contributed by atoms with E-state index in [1.165, 1.54) is 13.2 Å². The predicted molar refractivity (Wildman–Crippen MR) is 131 cm³/mol. The van der Waals surface area contributed by atoms with Crippen molar-refractivity contribution in [2.75, 3.05) is 26.7 Å². The van der Waals surface area contributed by atoms with Gasteiger partial charge in [0.1, 0.15) is 17.1 Å². The first-order chi connectivity index (χ1) is 17.4. The van der Waals surface area contributed by atoms with Gasteiger partial charge in [0.15, 0.2) is 0 Å². The van der Waals surface area contributed by atoms with Crippen molar-refractivity contribution in [2.24, 2.45) is 5.73 Å². The summed E-state index contributed by atoms with van der Waals surface area (Å²) in [6.45, 7) is 1.59. The van der Waals surface area contributed by atoms with Crippen LogP contribution in [-0.4, -0.2) is 60.7 Å². The van der Waals surface area contributed by atoms with Gasteiger partial charge in [-0.1, -0.05) is 24.3 Å². The number of amides is 2. The van der Waals surface area contributed by atoms with E-state index in [1.54, 1.807) is 48.7 Å². The van der Waals surface area contributed by atoms with Gasteiger partial charge < -0.3 is 20.5 Å². The van der Waals surface area contributed by atoms with Gasteiger partial charge in [-0.3, -0.25) is 19.5 Å². The molecule has 188 valence electrons. The molecule has 36 heavy (non-hydrogen) atoms. The molecule has 1 aromatic carbocycles. The number of nitrogens with one attached hydrogen (secondary N) is 1. The van der Waals surface area contributed by atoms with Gasteiger partial charge in [0.2, 0.25) is 11.8 Å². The molecule has 2 aromatic rings. The Labute approximate surface area is 209 Å². The van der Waals surface area contributed by atoms with E-state index in [4.69, 9.17) is 15.2 Å². The third-order valence-electron chi connectivity index (χ3n) is 7.09. The van der Waals surface area contributed by atoms with Crippen molar-refractivity contribution >= 4 is 11.8 Å². The molecular weight excluding hydrogens is 463 g/mol. The second-order valence-corrected chi connectivity index (χ2v) is 9.48. The van der Waals surface area contributed by atoms with E-state index in [2.05, 4.69) is 15.2 Å². The van der Waals surface area contributed by atoms with Crippen LogP contribution in [0.4, 0.5) is 4.39 Å². The number of carbonyl (C=O) groups is 2. The van der Waals surface area contributed by atoms with Crippen LogP contribution in [0.2, 0.25) is 0 Å². The molecule has 0 radical (unpaired) electrons. The number of fused-ring (bicyclic) bond motifs is 2. The standard InChI is InChI=1S/C27H29FN4O4/c1-35-24-11-6-17(26(29)34)12-27(24,31-25(33)16-32-14-19-8-9-20(15-32)36-19)18-7-10-23(30-13-18)21-4-2-3-5-22(21)28/h2-7,10-11,13,19-20H,8-9,12,14-16H2,1H3,(H2,29,34)(H,31,33). The van der Waals surface area contributed by atoms with E-state index in [0.717, 1.165) is 12.8 Å². The van der Waals surface area contributed by atoms with E-state index >= 15 is 0 Å². The Morgan fingerprint density at radius 2 is 1.94 bits per heavy atom. The summed E-state index contributed by atoms with van der Waals surface area (Å²) in [5.41, 5.74) is 6.18. The Hall–Kier alpha value is -3.56. The van der Waals surface area contributed by atoms with E-state index in [-0.39, 0.29) is 36.9 Å². The predicted octanol–water partition coefficient (Wildman–Crippen LogP) is 2.41. The number of pyridine rings is 1. The summed E-state index contributed by atoms with van der Waals surface area (Å²) in [7, 11) is 1.51. The van der Waals surface area contributed by atoms with Crippen LogP contribution in [0.3, 0.4) is 0 Å². The van der Waals surface area contributed by atoms with Gasteiger partial charge in [-0.25, -0.2) is 4.39 Å². The summed E-state index contributed by atoms with van der Waals surface area (Å²) in [5.74, 6) is -0.735. The van der Waals surface area contributed by atoms with E-state index in [9.17, 15) is 14.0 Å². The molecule has 9 heteroatoms. The molecular formula is C27H29FN4O4. The van der Waals surface area contributed by atoms with Crippen molar-refractivity contribution in [1.29, 1.82) is 0 Å². The largest absolute Gasteiger partial charge is 0.498 e. The highest BCUT2D eigenvalue weighted by molar-refractivity contribution is 5.93. The number of ether oxygens (including phenoxy) is 2. The molecule has 8 nitrogen and oxygen atoms in total. The van der Waals surface area contributed by atoms with Crippen LogP contribution in [-0.2, 0) is 24.6 Å². The minimum atomic E-state index is -1.20. The molecule has 2 saturated heterocycles. The molecule has 3 N–H and O–H groups in total. The minimum Gasteiger partial charge on any atom is -0.498 e. The van der Waals surface area contributed by atoms with Crippen molar-refractivity contribution < 1.29 is 23.5 Å². The number of hydrogen-bond acceptors (Lipinski definition) is 6. The molecule has 3 atom stereocenters. The molecule has 0 saturated carbocycles. The first-order valence-electron chi connectivity index (χ1n) is 12.0. The van der Waals surface area contributed by atoms with Crippen molar-refractivity contribution in [3.05, 3.63) is 77.5 Å². The van der Waals surface area contributed by atoms with Crippen molar-refractivity contribution in [3.8, 4) is 11.3 Å². The second kappa shape index (κ2) is 9.83. The molecule has 2 amide bonds. The first kappa shape index (κ1) is 24.1. The topological polar surface area (TPSA) is 107 Å². The fraction of sp³-hybridized carbons (Fsp3) is 0.370. The molecule has 3 aliphatic rings. The summed E-state index contributed by atoms with van der Waals surface area (Å²) in [5, 5.41) is 3.13. The number of benzene rings is 1. The van der Waals surface area contributed by atoms with Crippen LogP contribution in [0, 0.1) is 5.82 Å². The summed E-state index contributed by atoms with van der Waals surface area (Å²) < 4.78 is 25.9. The van der Waals surface area contributed by atoms with Gasteiger partial charge in [0.25, 0.3) is 0 Å². The highest BCUT2D eigenvalue weighted by Crippen LogP contribution is 2.39. The second-order valence-electron chi connectivity index (χ2n) is 9.48. The number of carbonyl (C=O) groups excluding carboxylic acids is 2. The molecule has 2 aliphatic heterocycles. The number of primary amides is 1. The average molecular weight is 493 g/mol. The molecule has 1 aromatic heterocycles. The number of nitrogens with two attached hydrogens (primary N) is 1. The van der Waals surface area contributed by atoms with Crippen LogP contribution < -0.4 is 11.1 Å². The van der Waals surface area contributed by atoms with Crippen molar-refractivity contribution in [1.82, 2.24) is 15.2 Å². The Balaban J connectivity index is 1.46. The number of aromatic nitrogens is 1. The molecule has 3 unspecified atom stereocenters. The number of methoxy groups -OCH3 is 1. The number of allylic oxidation sites excluding steroid dienone is 2. The minimum absolute atomic E-state index is 0.100. The zero-order valence-electron chi connectivity index (χ0n) is 20.1. The number of hydrogen-bond donors (Lipinski definition) is 2. The SMILES string of the molecule is COC1=CC=C(C(N)=O)CC1(NC(=O)CN1CC2CCC(C1)O2)c1ccc(-c2ccccc2F)nc1. The molecule has 2 fully saturated rings. The van der Waals surface area contributed by atoms with Gasteiger partial charge in [-0.15, -0.1) is 0 Å². The number of rotatable bonds is 7. The summed E-state index contributed by atoms with van der Waals surface area (Å²) in [4.78, 5) is 32.1. The first-order valence-corrected chi connectivity index (χ1v) is 12.0. The van der Waals surface area contributed by atoms with Crippen LogP contribution in [0.1, 0.15) is 24.8 Å². The number of morpholine rings is 1. The van der Waals surface area contributed by atoms with Crippen LogP contribution >= 0.6 is 0 Å². The Morgan fingerprint density at radius 1 is 1.19 bits per heavy atom. The fourth-order valence-electron chi connectivity index (χ4n) is 5.37. The fourth-order valence-corrected chi connectivity index (χ4v) is 5.37. The summed E-state index contributed by atoms with van der Waals surface area (Å²) >= 11 is 0. The van der Waals surface area contributed by atoms with Crippen LogP contribution in [0.25, 0.3) is 11.3 Å². The maximum absolute atomic E-state index is 14.3. The zero-order chi connectivity index (χ0) is 25.3. The van der Waals surface area contributed by atoms with Gasteiger partial charge >= 0.3 is 0 Å². The lowest BCUT2D eigenvalue weighted by atomic mass is 9.79. The number of likely N-dealkylation sites (tertiary alicyclic amines) is 1. The Morgan fingerprint density at radius 3 is 2.58 bits per heavy atom. The lowest BCUT2D eigenvalue weighted by molar-refractivity contribution is -0.127. The van der Waals surface area contributed by atoms with Crippen LogP contribution in [0.15, 0.2) is 66.1 Å². The molecule has 3 heterocycles. The van der Waals surface area contributed by atoms with E-state index in [1.807, 2.05) is 0 Å². The smallest absolute Gasteiger partial charge is 0.244 e. The Kier molecular flexibility index (Phi) is 6.59. The molecule has 0 spiro atoms. The van der Waals surface area contributed by atoms with Crippen molar-refractivity contribution in [3.63, 3.8) is 0 Å². The highest BCUT2D eigenvalue weighted by Gasteiger charge is 2.43. The van der Waals surface area contributed by atoms with Gasteiger partial charge in [-0.2, -0.15) is 0 Å². The van der Waals surface area contributed by atoms with Crippen LogP contribution in [0.5, 0.6) is 0 Å². The summed E-state index contributed by atoms with van der Waals surface area (Å²) in [6, 6.07) is 9.84. The number of halogens is 1. The molecule has 2 bridgehead atoms. The lowest BCUT2D eigenvalue weighted by Gasteiger charge is -2.39. The third kappa shape index (κ3) is 4.64. The van der Waals surface area contributed by atoms with E-state index in [0.29, 0.717) is 41.2 Å². The highest BCUT2D eigenvalue weighted by atomic mass is 19.1. The molecule has 5 rings (SSSR count). The third-order valence-corrected chi connectivity index (χ3v) is 7.09. The maximum Gasteiger partial charge on any atom is 0.244 e. The van der Waals surface area contributed by atoms with Gasteiger partial charge in [0.05, 0.1) is 31.6 Å². The maximum atomic E-state index is 14.3. The monoisotopic (exact) mass is 492 g/mol. The number of nitrogens with zero attached hydrogens (tertiary/aromatic N) is 2. The van der Waals surface area contributed by atoms with Gasteiger partial charge in [-0.05, 0) is 37.1 Å². The lowest BCUT2D eigenvalue weighted by Crippen LogP contribution is -2.54. The normalized spacial score (nSPS) is 25.6. The zero-order valence-corrected chi connectivity index (χ0v) is 20.1. The molecule has 1 aliphatic carbocycles. The average Bonchev–Trinajstić information content (AvgIpc) is 3.22. The van der Waals surface area contributed by atoms with Gasteiger partial charge in [0, 0.05) is 42.4 Å². The van der Waals surface area contributed by atoms with Crippen molar-refractivity contribution in [2.45, 2.75) is 37.0 Å². The Bertz CT molecular complexity index is 1220.